The molecule has 0 spiro atoms. The smallest absolute Gasteiger partial charge is 0.133 e. The van der Waals surface area contributed by atoms with Crippen molar-refractivity contribution >= 4 is 18.2 Å². The Morgan fingerprint density at radius 3 is 2.57 bits per heavy atom. The second-order valence-corrected chi connectivity index (χ2v) is 5.72. The van der Waals surface area contributed by atoms with Gasteiger partial charge in [-0.15, -0.1) is 0 Å². The Bertz CT molecular complexity index is 488. The molecule has 2 aliphatic heterocycles. The average molecular weight is 286 g/mol. The Morgan fingerprint density at radius 2 is 2.00 bits per heavy atom. The topological polar surface area (TPSA) is 39.7 Å². The van der Waals surface area contributed by atoms with Crippen LogP contribution in [0.15, 0.2) is 24.9 Å². The molecular formula is C16H22N4O. The third-order valence-corrected chi connectivity index (χ3v) is 4.43. The van der Waals surface area contributed by atoms with E-state index in [9.17, 15) is 4.79 Å². The largest absolute Gasteiger partial charge is 0.354 e. The van der Waals surface area contributed by atoms with E-state index < -0.39 is 0 Å². The minimum Gasteiger partial charge on any atom is -0.354 e. The van der Waals surface area contributed by atoms with Gasteiger partial charge in [0.2, 0.25) is 0 Å². The van der Waals surface area contributed by atoms with Crippen LogP contribution < -0.4 is 4.90 Å². The van der Waals surface area contributed by atoms with Gasteiger partial charge in [-0.25, -0.2) is 4.98 Å². The Balaban J connectivity index is 1.48. The Morgan fingerprint density at radius 1 is 1.24 bits per heavy atom. The number of rotatable bonds is 5. The van der Waals surface area contributed by atoms with Crippen LogP contribution in [0, 0.1) is 0 Å². The second kappa shape index (κ2) is 6.37. The van der Waals surface area contributed by atoms with E-state index in [2.05, 4.69) is 38.4 Å². The monoisotopic (exact) mass is 286 g/mol. The highest BCUT2D eigenvalue weighted by atomic mass is 16.1. The van der Waals surface area contributed by atoms with Crippen LogP contribution in [0.4, 0.5) is 5.82 Å². The molecule has 0 aromatic carbocycles. The van der Waals surface area contributed by atoms with Crippen molar-refractivity contribution in [1.82, 2.24) is 14.8 Å². The summed E-state index contributed by atoms with van der Waals surface area (Å²) >= 11 is 0. The van der Waals surface area contributed by atoms with Crippen LogP contribution in [0.5, 0.6) is 0 Å². The first-order valence-corrected chi connectivity index (χ1v) is 7.53. The number of anilines is 1. The van der Waals surface area contributed by atoms with E-state index in [1.54, 1.807) is 0 Å². The zero-order chi connectivity index (χ0) is 14.7. The summed E-state index contributed by atoms with van der Waals surface area (Å²) in [6.45, 7) is 10.6. The summed E-state index contributed by atoms with van der Waals surface area (Å²) in [7, 11) is 0. The molecule has 1 aromatic heterocycles. The standard InChI is InChI=1S/C16H22N4O/c1-2-14-3-4-16(17-11-14)20-7-5-19(6-8-20)15-12-18(13-15)9-10-21/h2-4,10-11,15H,1,5-9,12-13H2. The summed E-state index contributed by atoms with van der Waals surface area (Å²) < 4.78 is 0. The number of hydrogen-bond donors (Lipinski definition) is 0. The summed E-state index contributed by atoms with van der Waals surface area (Å²) in [5, 5.41) is 0. The van der Waals surface area contributed by atoms with Crippen LogP contribution in [0.1, 0.15) is 5.56 Å². The third kappa shape index (κ3) is 3.14. The number of likely N-dealkylation sites (tertiary alicyclic amines) is 1. The van der Waals surface area contributed by atoms with Crippen molar-refractivity contribution in [3.8, 4) is 0 Å². The number of nitrogens with zero attached hydrogens (tertiary/aromatic N) is 4. The first kappa shape index (κ1) is 14.2. The van der Waals surface area contributed by atoms with E-state index in [1.165, 1.54) is 0 Å². The molecule has 1 aromatic rings. The molecule has 0 unspecified atom stereocenters. The van der Waals surface area contributed by atoms with Gasteiger partial charge in [-0.3, -0.25) is 9.80 Å². The maximum Gasteiger partial charge on any atom is 0.133 e. The minimum atomic E-state index is 0.579. The van der Waals surface area contributed by atoms with Gasteiger partial charge < -0.3 is 9.69 Å². The summed E-state index contributed by atoms with van der Waals surface area (Å²) in [4.78, 5) is 22.0. The molecule has 0 atom stereocenters. The highest BCUT2D eigenvalue weighted by Crippen LogP contribution is 2.19. The van der Waals surface area contributed by atoms with E-state index >= 15 is 0 Å². The number of hydrogen-bond acceptors (Lipinski definition) is 5. The predicted molar refractivity (Wildman–Crippen MR) is 84.4 cm³/mol. The molecule has 3 rings (SSSR count). The van der Waals surface area contributed by atoms with Crippen LogP contribution in [0.25, 0.3) is 6.08 Å². The zero-order valence-corrected chi connectivity index (χ0v) is 12.3. The summed E-state index contributed by atoms with van der Waals surface area (Å²) in [5.41, 5.74) is 1.06. The molecule has 2 saturated heterocycles. The molecule has 0 aliphatic carbocycles. The average Bonchev–Trinajstić information content (AvgIpc) is 2.51. The maximum absolute atomic E-state index is 10.5. The highest BCUT2D eigenvalue weighted by Gasteiger charge is 2.33. The molecular weight excluding hydrogens is 264 g/mol. The molecule has 112 valence electrons. The molecule has 3 heterocycles. The van der Waals surface area contributed by atoms with Crippen LogP contribution in [0.3, 0.4) is 0 Å². The van der Waals surface area contributed by atoms with Crippen molar-refractivity contribution < 1.29 is 4.79 Å². The molecule has 5 nitrogen and oxygen atoms in total. The van der Waals surface area contributed by atoms with E-state index in [1.807, 2.05) is 12.3 Å². The molecule has 0 N–H and O–H groups in total. The Hall–Kier alpha value is -1.72. The first-order chi connectivity index (χ1) is 10.3. The Labute approximate surface area is 125 Å². The summed E-state index contributed by atoms with van der Waals surface area (Å²) in [5.74, 6) is 1.05. The number of aldehydes is 1. The number of aromatic nitrogens is 1. The SMILES string of the molecule is C=Cc1ccc(N2CCN(C3CN(CC=O)C3)CC2)nc1. The normalized spacial score (nSPS) is 21.0. The van der Waals surface area contributed by atoms with Gasteiger partial charge in [0, 0.05) is 51.5 Å². The number of pyridine rings is 1. The number of piperazine rings is 1. The van der Waals surface area contributed by atoms with Crippen molar-refractivity contribution in [3.63, 3.8) is 0 Å². The van der Waals surface area contributed by atoms with Gasteiger partial charge >= 0.3 is 0 Å². The summed E-state index contributed by atoms with van der Waals surface area (Å²) in [6, 6.07) is 4.76. The fourth-order valence-corrected chi connectivity index (χ4v) is 3.05. The minimum absolute atomic E-state index is 0.579. The lowest BCUT2D eigenvalue weighted by Gasteiger charge is -2.47. The third-order valence-electron chi connectivity index (χ3n) is 4.43. The van der Waals surface area contributed by atoms with E-state index in [0.29, 0.717) is 12.6 Å². The zero-order valence-electron chi connectivity index (χ0n) is 12.3. The van der Waals surface area contributed by atoms with Crippen molar-refractivity contribution in [3.05, 3.63) is 30.5 Å². The molecule has 5 heteroatoms. The van der Waals surface area contributed by atoms with Crippen molar-refractivity contribution in [2.24, 2.45) is 0 Å². The van der Waals surface area contributed by atoms with Crippen LogP contribution >= 0.6 is 0 Å². The van der Waals surface area contributed by atoms with Crippen molar-refractivity contribution in [2.75, 3.05) is 50.7 Å². The van der Waals surface area contributed by atoms with E-state index in [-0.39, 0.29) is 0 Å². The molecule has 0 amide bonds. The molecule has 2 aliphatic rings. The second-order valence-electron chi connectivity index (χ2n) is 5.72. The van der Waals surface area contributed by atoms with Gasteiger partial charge in [-0.2, -0.15) is 0 Å². The fraction of sp³-hybridized carbons (Fsp3) is 0.500. The first-order valence-electron chi connectivity index (χ1n) is 7.53. The van der Waals surface area contributed by atoms with Gasteiger partial charge in [0.1, 0.15) is 12.1 Å². The Kier molecular flexibility index (Phi) is 4.31. The lowest BCUT2D eigenvalue weighted by molar-refractivity contribution is -0.110. The molecule has 0 saturated carbocycles. The van der Waals surface area contributed by atoms with Gasteiger partial charge in [0.15, 0.2) is 0 Å². The lowest BCUT2D eigenvalue weighted by Crippen LogP contribution is -2.63. The molecule has 21 heavy (non-hydrogen) atoms. The number of carbonyl (C=O) groups is 1. The predicted octanol–water partition coefficient (Wildman–Crippen LogP) is 0.730. The molecule has 0 bridgehead atoms. The fourth-order valence-electron chi connectivity index (χ4n) is 3.05. The molecule has 2 fully saturated rings. The van der Waals surface area contributed by atoms with Crippen molar-refractivity contribution in [1.29, 1.82) is 0 Å². The number of carbonyl (C=O) groups excluding carboxylic acids is 1. The lowest BCUT2D eigenvalue weighted by atomic mass is 10.1. The van der Waals surface area contributed by atoms with Crippen LogP contribution in [0.2, 0.25) is 0 Å². The van der Waals surface area contributed by atoms with Crippen LogP contribution in [-0.4, -0.2) is 72.9 Å². The quantitative estimate of drug-likeness (QED) is 0.746. The maximum atomic E-state index is 10.5. The van der Waals surface area contributed by atoms with Crippen molar-refractivity contribution in [2.45, 2.75) is 6.04 Å². The van der Waals surface area contributed by atoms with Gasteiger partial charge in [0.05, 0.1) is 6.54 Å². The van der Waals surface area contributed by atoms with Gasteiger partial charge in [0.25, 0.3) is 0 Å². The van der Waals surface area contributed by atoms with Gasteiger partial charge in [-0.1, -0.05) is 12.7 Å². The van der Waals surface area contributed by atoms with Gasteiger partial charge in [-0.05, 0) is 17.7 Å². The highest BCUT2D eigenvalue weighted by molar-refractivity contribution is 5.52. The van der Waals surface area contributed by atoms with Crippen LogP contribution in [-0.2, 0) is 4.79 Å². The summed E-state index contributed by atoms with van der Waals surface area (Å²) in [6.07, 6.45) is 4.68. The molecule has 0 radical (unpaired) electrons. The van der Waals surface area contributed by atoms with E-state index in [4.69, 9.17) is 0 Å². The van der Waals surface area contributed by atoms with E-state index in [0.717, 1.165) is 56.9 Å².